The third-order valence-electron chi connectivity index (χ3n) is 11.1. The van der Waals surface area contributed by atoms with Crippen LogP contribution in [0.4, 0.5) is 32.8 Å². The van der Waals surface area contributed by atoms with Crippen LogP contribution >= 0.6 is 11.6 Å². The Balaban J connectivity index is 1.37. The highest BCUT2D eigenvalue weighted by Crippen LogP contribution is 2.64. The van der Waals surface area contributed by atoms with Crippen molar-refractivity contribution in [2.24, 2.45) is 29.1 Å². The number of ether oxygens (including phenoxy) is 1. The molecule has 1 saturated carbocycles. The van der Waals surface area contributed by atoms with Crippen molar-refractivity contribution < 1.29 is 43.3 Å². The van der Waals surface area contributed by atoms with Gasteiger partial charge >= 0.3 is 11.4 Å². The second kappa shape index (κ2) is 12.4. The van der Waals surface area contributed by atoms with Crippen molar-refractivity contribution in [1.29, 1.82) is 0 Å². The second-order valence-corrected chi connectivity index (χ2v) is 14.3. The van der Waals surface area contributed by atoms with E-state index in [1.54, 1.807) is 25.1 Å². The molecule has 3 aromatic rings. The summed E-state index contributed by atoms with van der Waals surface area (Å²) in [6, 6.07) is 9.82. The zero-order valence-electron chi connectivity index (χ0n) is 28.6. The Morgan fingerprint density at radius 1 is 0.925 bits per heavy atom. The SMILES string of the molecule is COc1ccc(C2C3=CCC4C(=O)N(c5cc([N+](=O)[O-])c(N(C)C)c([N+](=O)[O-])c5)C(=O)C4C3CC3C(=O)N(c4ccc(F)c(Cl)c4)C(=O)C32C)c(O)c1. The van der Waals surface area contributed by atoms with Gasteiger partial charge in [-0.2, -0.15) is 0 Å². The van der Waals surface area contributed by atoms with E-state index < -0.39 is 85.7 Å². The Morgan fingerprint density at radius 2 is 1.58 bits per heavy atom. The topological polar surface area (TPSA) is 194 Å². The first-order chi connectivity index (χ1) is 25.0. The van der Waals surface area contributed by atoms with E-state index >= 15 is 0 Å². The standard InChI is InChI=1S/C36H31ClFN5O10/c1-36-23(33(46)41(35(36)48)16-5-10-25(38)24(37)11-16)15-22-19(30(36)20-7-6-18(53-4)14-28(20)44)8-9-21-29(22)34(47)40(32(21)45)17-12-26(42(49)50)31(39(2)3)27(13-17)43(51)52/h5-8,10-14,21-23,29-30,44H,9,15H2,1-4H3. The molecule has 4 amide bonds. The summed E-state index contributed by atoms with van der Waals surface area (Å²) in [7, 11) is 4.18. The number of phenols is 1. The predicted molar refractivity (Wildman–Crippen MR) is 187 cm³/mol. The molecule has 2 aliphatic heterocycles. The van der Waals surface area contributed by atoms with Crippen molar-refractivity contribution in [3.63, 3.8) is 0 Å². The third kappa shape index (κ3) is 5.06. The lowest BCUT2D eigenvalue weighted by atomic mass is 9.51. The molecule has 0 spiro atoms. The number of nitro benzene ring substituents is 2. The lowest BCUT2D eigenvalue weighted by Crippen LogP contribution is -2.48. The zero-order valence-corrected chi connectivity index (χ0v) is 29.4. The molecule has 0 aromatic heterocycles. The number of halogens is 2. The van der Waals surface area contributed by atoms with Gasteiger partial charge in [0.25, 0.3) is 0 Å². The van der Waals surface area contributed by atoms with E-state index in [1.807, 2.05) is 0 Å². The number of methoxy groups -OCH3 is 1. The quantitative estimate of drug-likeness (QED) is 0.139. The highest BCUT2D eigenvalue weighted by atomic mass is 35.5. The van der Waals surface area contributed by atoms with Crippen LogP contribution in [0.5, 0.6) is 11.5 Å². The van der Waals surface area contributed by atoms with Crippen LogP contribution in [0.1, 0.15) is 31.2 Å². The number of aromatic hydroxyl groups is 1. The molecule has 7 rings (SSSR count). The maximum atomic E-state index is 14.6. The summed E-state index contributed by atoms with van der Waals surface area (Å²) < 4.78 is 19.4. The molecular weight excluding hydrogens is 717 g/mol. The van der Waals surface area contributed by atoms with Crippen molar-refractivity contribution in [2.75, 3.05) is 35.9 Å². The van der Waals surface area contributed by atoms with Gasteiger partial charge in [0.2, 0.25) is 23.6 Å². The average molecular weight is 748 g/mol. The average Bonchev–Trinajstić information content (AvgIpc) is 3.48. The first-order valence-electron chi connectivity index (χ1n) is 16.4. The normalized spacial score (nSPS) is 26.2. The van der Waals surface area contributed by atoms with E-state index in [0.29, 0.717) is 11.3 Å². The fraction of sp³-hybridized carbons (Fsp3) is 0.333. The number of phenolic OH excluding ortho intramolecular Hbond substituents is 1. The van der Waals surface area contributed by atoms with Crippen molar-refractivity contribution in [1.82, 2.24) is 0 Å². The van der Waals surface area contributed by atoms with Crippen LogP contribution in [0.3, 0.4) is 0 Å². The van der Waals surface area contributed by atoms with Crippen LogP contribution in [0.2, 0.25) is 5.02 Å². The number of carbonyl (C=O) groups is 4. The Labute approximate surface area is 305 Å². The first kappa shape index (κ1) is 35.5. The number of carbonyl (C=O) groups excluding carboxylic acids is 4. The number of imide groups is 2. The van der Waals surface area contributed by atoms with Gasteiger partial charge in [-0.1, -0.05) is 29.3 Å². The van der Waals surface area contributed by atoms with Crippen LogP contribution < -0.4 is 19.4 Å². The molecule has 274 valence electrons. The minimum atomic E-state index is -1.55. The Morgan fingerprint density at radius 3 is 2.15 bits per heavy atom. The molecule has 1 N–H and O–H groups in total. The number of amides is 4. The highest BCUT2D eigenvalue weighted by molar-refractivity contribution is 6.32. The maximum absolute atomic E-state index is 14.6. The number of hydrogen-bond donors (Lipinski definition) is 1. The summed E-state index contributed by atoms with van der Waals surface area (Å²) in [5, 5.41) is 35.3. The van der Waals surface area contributed by atoms with E-state index in [1.165, 1.54) is 38.2 Å². The molecule has 3 aromatic carbocycles. The van der Waals surface area contributed by atoms with Gasteiger partial charge in [-0.15, -0.1) is 0 Å². The molecule has 0 bridgehead atoms. The lowest BCUT2D eigenvalue weighted by Gasteiger charge is -2.49. The molecule has 6 unspecified atom stereocenters. The molecule has 2 heterocycles. The Hall–Kier alpha value is -5.90. The molecule has 3 fully saturated rings. The molecule has 17 heteroatoms. The number of rotatable bonds is 7. The van der Waals surface area contributed by atoms with Crippen molar-refractivity contribution in [2.45, 2.75) is 25.7 Å². The van der Waals surface area contributed by atoms with Gasteiger partial charge in [0.1, 0.15) is 17.3 Å². The van der Waals surface area contributed by atoms with Gasteiger partial charge in [0, 0.05) is 43.8 Å². The summed E-state index contributed by atoms with van der Waals surface area (Å²) in [6.45, 7) is 1.60. The summed E-state index contributed by atoms with van der Waals surface area (Å²) in [5.41, 5.74) is -2.79. The van der Waals surface area contributed by atoms with Gasteiger partial charge in [-0.3, -0.25) is 39.4 Å². The number of nitro groups is 2. The van der Waals surface area contributed by atoms with Crippen LogP contribution in [-0.2, 0) is 19.2 Å². The van der Waals surface area contributed by atoms with Crippen LogP contribution in [-0.4, -0.2) is 59.8 Å². The predicted octanol–water partition coefficient (Wildman–Crippen LogP) is 5.51. The van der Waals surface area contributed by atoms with Gasteiger partial charge in [-0.05, 0) is 49.9 Å². The van der Waals surface area contributed by atoms with Crippen molar-refractivity contribution in [3.8, 4) is 11.5 Å². The molecule has 0 radical (unpaired) electrons. The Bertz CT molecular complexity index is 2190. The smallest absolute Gasteiger partial charge is 0.301 e. The minimum Gasteiger partial charge on any atom is -0.508 e. The van der Waals surface area contributed by atoms with Gasteiger partial charge in [0.15, 0.2) is 5.69 Å². The van der Waals surface area contributed by atoms with Gasteiger partial charge in [0.05, 0.1) is 56.5 Å². The van der Waals surface area contributed by atoms with E-state index in [9.17, 15) is 48.9 Å². The van der Waals surface area contributed by atoms with Crippen LogP contribution in [0, 0.1) is 55.1 Å². The van der Waals surface area contributed by atoms with E-state index in [-0.39, 0.29) is 46.2 Å². The molecular formula is C36H31ClFN5O10. The Kier molecular flexibility index (Phi) is 8.28. The largest absolute Gasteiger partial charge is 0.508 e. The lowest BCUT2D eigenvalue weighted by molar-refractivity contribution is -0.392. The molecule has 2 aliphatic carbocycles. The number of hydrogen-bond acceptors (Lipinski definition) is 11. The monoisotopic (exact) mass is 747 g/mol. The van der Waals surface area contributed by atoms with Gasteiger partial charge in [-0.25, -0.2) is 14.2 Å². The number of nitrogens with zero attached hydrogens (tertiary/aromatic N) is 5. The second-order valence-electron chi connectivity index (χ2n) is 13.9. The highest BCUT2D eigenvalue weighted by Gasteiger charge is 2.68. The molecule has 53 heavy (non-hydrogen) atoms. The van der Waals surface area contributed by atoms with E-state index in [4.69, 9.17) is 16.3 Å². The summed E-state index contributed by atoms with van der Waals surface area (Å²) in [5.74, 6) is -8.60. The fourth-order valence-electron chi connectivity index (χ4n) is 8.83. The number of fused-ring (bicyclic) bond motifs is 4. The number of anilines is 3. The van der Waals surface area contributed by atoms with E-state index in [0.717, 1.165) is 34.1 Å². The fourth-order valence-corrected chi connectivity index (χ4v) is 9.01. The van der Waals surface area contributed by atoms with Gasteiger partial charge < -0.3 is 14.7 Å². The summed E-state index contributed by atoms with van der Waals surface area (Å²) in [6.07, 6.45) is 1.64. The molecule has 2 saturated heterocycles. The first-order valence-corrected chi connectivity index (χ1v) is 16.8. The van der Waals surface area contributed by atoms with Crippen molar-refractivity contribution in [3.05, 3.63) is 96.8 Å². The number of benzene rings is 3. The summed E-state index contributed by atoms with van der Waals surface area (Å²) >= 11 is 6.05. The van der Waals surface area contributed by atoms with Crippen LogP contribution in [0.15, 0.2) is 60.2 Å². The molecule has 15 nitrogen and oxygen atoms in total. The minimum absolute atomic E-state index is 0.00880. The zero-order chi connectivity index (χ0) is 38.4. The molecule has 4 aliphatic rings. The molecule has 6 atom stereocenters. The number of allylic oxidation sites excluding steroid dienone is 2. The third-order valence-corrected chi connectivity index (χ3v) is 11.4. The maximum Gasteiger partial charge on any atom is 0.301 e. The van der Waals surface area contributed by atoms with E-state index in [2.05, 4.69) is 0 Å². The van der Waals surface area contributed by atoms with Crippen molar-refractivity contribution >= 4 is 63.7 Å². The van der Waals surface area contributed by atoms with Crippen LogP contribution in [0.25, 0.3) is 0 Å². The summed E-state index contributed by atoms with van der Waals surface area (Å²) in [4.78, 5) is 82.9.